The quantitative estimate of drug-likeness (QED) is 0.455. The molecule has 0 saturated carbocycles. The normalized spacial score (nSPS) is 38.8. The summed E-state index contributed by atoms with van der Waals surface area (Å²) >= 11 is 0. The zero-order chi connectivity index (χ0) is 7.73. The average molecular weight is 170 g/mol. The third kappa shape index (κ3) is 1.89. The van der Waals surface area contributed by atoms with Crippen LogP contribution in [0.5, 0.6) is 0 Å². The second-order valence-corrected chi connectivity index (χ2v) is 3.98. The van der Waals surface area contributed by atoms with Crippen LogP contribution >= 0.6 is 0 Å². The molecule has 59 valence electrons. The minimum absolute atomic E-state index is 0. The van der Waals surface area contributed by atoms with Crippen molar-refractivity contribution in [2.24, 2.45) is 0 Å². The molecule has 0 atom stereocenters. The van der Waals surface area contributed by atoms with Crippen molar-refractivity contribution in [3.8, 4) is 6.07 Å². The number of hydrogen-bond donors (Lipinski definition) is 0. The van der Waals surface area contributed by atoms with Gasteiger partial charge in [0.25, 0.3) is 0 Å². The molecule has 0 aliphatic carbocycles. The summed E-state index contributed by atoms with van der Waals surface area (Å²) < 4.78 is 0. The predicted octanol–water partition coefficient (Wildman–Crippen LogP) is -0.354. The van der Waals surface area contributed by atoms with Crippen LogP contribution in [0.15, 0.2) is 0 Å². The molecular formula is C9H14BNNa. The van der Waals surface area contributed by atoms with E-state index >= 15 is 0 Å². The van der Waals surface area contributed by atoms with Crippen LogP contribution in [0.25, 0.3) is 0 Å². The third-order valence-corrected chi connectivity index (χ3v) is 3.17. The molecule has 2 rings (SSSR count). The monoisotopic (exact) mass is 170 g/mol. The van der Waals surface area contributed by atoms with Gasteiger partial charge in [-0.25, -0.2) is 0 Å². The molecule has 0 unspecified atom stereocenters. The first-order valence-electron chi connectivity index (χ1n) is 4.62. The van der Waals surface area contributed by atoms with Crippen molar-refractivity contribution in [3.05, 3.63) is 0 Å². The molecule has 0 aromatic rings. The van der Waals surface area contributed by atoms with Crippen LogP contribution in [-0.4, -0.2) is 7.28 Å². The molecule has 0 aromatic carbocycles. The predicted molar refractivity (Wildman–Crippen MR) is 46.6 cm³/mol. The fraction of sp³-hybridized carbons (Fsp3) is 0.889. The minimum Gasteiger partial charge on any atom is -1.00 e. The van der Waals surface area contributed by atoms with Crippen LogP contribution in [0.4, 0.5) is 0 Å². The first-order chi connectivity index (χ1) is 5.35. The molecule has 2 heterocycles. The average Bonchev–Trinajstić information content (AvgIpc) is 2.05. The Morgan fingerprint density at radius 1 is 1.33 bits per heavy atom. The Hall–Kier alpha value is 0.555. The van der Waals surface area contributed by atoms with E-state index in [1.54, 1.807) is 0 Å². The number of hydrogen-bond acceptors (Lipinski definition) is 1. The molecule has 2 bridgehead atoms. The Balaban J connectivity index is 0.000000720. The van der Waals surface area contributed by atoms with E-state index in [9.17, 15) is 0 Å². The van der Waals surface area contributed by atoms with Crippen LogP contribution in [-0.2, 0) is 0 Å². The van der Waals surface area contributed by atoms with Crippen molar-refractivity contribution < 1.29 is 31.0 Å². The van der Waals surface area contributed by atoms with Gasteiger partial charge in [0.05, 0.1) is 6.07 Å². The van der Waals surface area contributed by atoms with Gasteiger partial charge < -0.3 is 1.43 Å². The Labute approximate surface area is 98.9 Å². The molecule has 1 nitrogen and oxygen atoms in total. The fourth-order valence-corrected chi connectivity index (χ4v) is 2.56. The van der Waals surface area contributed by atoms with E-state index in [2.05, 4.69) is 13.3 Å². The van der Waals surface area contributed by atoms with Gasteiger partial charge in [-0.1, -0.05) is 31.5 Å². The van der Waals surface area contributed by atoms with Gasteiger partial charge >= 0.3 is 29.6 Å². The summed E-state index contributed by atoms with van der Waals surface area (Å²) in [5.74, 6) is 0.775. The van der Waals surface area contributed by atoms with E-state index in [0.29, 0.717) is 0 Å². The van der Waals surface area contributed by atoms with Crippen LogP contribution in [0, 0.1) is 11.3 Å². The zero-order valence-electron chi connectivity index (χ0n) is 8.84. The molecule has 2 aliphatic heterocycles. The smallest absolute Gasteiger partial charge is 1.00 e. The Bertz CT molecular complexity index is 194. The van der Waals surface area contributed by atoms with Crippen molar-refractivity contribution in [2.45, 2.75) is 49.7 Å². The Morgan fingerprint density at radius 3 is 2.33 bits per heavy atom. The second-order valence-electron chi connectivity index (χ2n) is 3.98. The van der Waals surface area contributed by atoms with Crippen LogP contribution in [0.1, 0.15) is 40.0 Å². The molecule has 12 heavy (non-hydrogen) atoms. The second kappa shape index (κ2) is 4.18. The van der Waals surface area contributed by atoms with E-state index in [4.69, 9.17) is 5.26 Å². The fourth-order valence-electron chi connectivity index (χ4n) is 2.56. The number of rotatable bonds is 0. The first-order valence-corrected chi connectivity index (χ1v) is 4.62. The molecule has 2 fully saturated rings. The Kier molecular flexibility index (Phi) is 3.70. The van der Waals surface area contributed by atoms with Crippen molar-refractivity contribution in [2.75, 3.05) is 0 Å². The first kappa shape index (κ1) is 10.6. The number of nitrogens with zero attached hydrogens (tertiary/aromatic N) is 1. The standard InChI is InChI=1S/C9H13BN.Na.H/c11-7-9-5-1-3-8(10-9)4-2-6-9;;/h8H,1-6H2;;/q;+1;-1. The third-order valence-electron chi connectivity index (χ3n) is 3.17. The van der Waals surface area contributed by atoms with Crippen molar-refractivity contribution in [3.63, 3.8) is 0 Å². The van der Waals surface area contributed by atoms with Crippen molar-refractivity contribution >= 4 is 7.28 Å². The van der Waals surface area contributed by atoms with E-state index in [0.717, 1.165) is 18.7 Å². The van der Waals surface area contributed by atoms with Gasteiger partial charge in [0, 0.05) is 5.31 Å². The molecule has 0 amide bonds. The molecule has 1 radical (unpaired) electrons. The minimum atomic E-state index is 0. The molecule has 2 saturated heterocycles. The topological polar surface area (TPSA) is 23.8 Å². The molecule has 3 heteroatoms. The summed E-state index contributed by atoms with van der Waals surface area (Å²) in [6.07, 6.45) is 7.47. The van der Waals surface area contributed by atoms with E-state index < -0.39 is 0 Å². The van der Waals surface area contributed by atoms with Gasteiger partial charge in [-0.2, -0.15) is 5.26 Å². The molecule has 0 N–H and O–H groups in total. The maximum absolute atomic E-state index is 9.01. The number of nitriles is 1. The largest absolute Gasteiger partial charge is 1.00 e. The van der Waals surface area contributed by atoms with Gasteiger partial charge in [0.1, 0.15) is 7.28 Å². The summed E-state index contributed by atoms with van der Waals surface area (Å²) in [5, 5.41) is 9.01. The van der Waals surface area contributed by atoms with Crippen LogP contribution in [0.3, 0.4) is 0 Å². The Morgan fingerprint density at radius 2 is 1.92 bits per heavy atom. The van der Waals surface area contributed by atoms with Gasteiger partial charge in [-0.05, 0) is 12.8 Å². The van der Waals surface area contributed by atoms with Crippen molar-refractivity contribution in [1.29, 1.82) is 5.26 Å². The van der Waals surface area contributed by atoms with Crippen LogP contribution in [0.2, 0.25) is 11.1 Å². The summed E-state index contributed by atoms with van der Waals surface area (Å²) in [6.45, 7) is 0. The molecule has 2 aliphatic rings. The summed E-state index contributed by atoms with van der Waals surface area (Å²) in [7, 11) is 2.33. The summed E-state index contributed by atoms with van der Waals surface area (Å²) in [5.41, 5.74) is 0. The SMILES string of the molecule is N#CC12[B]C(CCC1)CCC2.[H-].[Na+]. The van der Waals surface area contributed by atoms with E-state index in [1.807, 2.05) is 0 Å². The summed E-state index contributed by atoms with van der Waals surface area (Å²) in [4.78, 5) is 0. The van der Waals surface area contributed by atoms with Crippen LogP contribution < -0.4 is 29.6 Å². The zero-order valence-corrected chi connectivity index (χ0v) is 9.84. The van der Waals surface area contributed by atoms with E-state index in [-0.39, 0.29) is 36.3 Å². The van der Waals surface area contributed by atoms with E-state index in [1.165, 1.54) is 25.7 Å². The molecule has 0 spiro atoms. The number of fused-ring (bicyclic) bond motifs is 2. The maximum Gasteiger partial charge on any atom is 1.00 e. The van der Waals surface area contributed by atoms with Crippen molar-refractivity contribution in [1.82, 2.24) is 0 Å². The summed E-state index contributed by atoms with van der Waals surface area (Å²) in [6, 6.07) is 2.49. The van der Waals surface area contributed by atoms with Gasteiger partial charge in [-0.15, -0.1) is 0 Å². The molecule has 0 aromatic heterocycles. The van der Waals surface area contributed by atoms with Gasteiger partial charge in [0.2, 0.25) is 0 Å². The maximum atomic E-state index is 9.01. The molecular weight excluding hydrogens is 156 g/mol. The van der Waals surface area contributed by atoms with Gasteiger partial charge in [-0.3, -0.25) is 0 Å². The van der Waals surface area contributed by atoms with Gasteiger partial charge in [0.15, 0.2) is 0 Å².